The van der Waals surface area contributed by atoms with Gasteiger partial charge in [0.1, 0.15) is 0 Å². The molecule has 0 aromatic heterocycles. The summed E-state index contributed by atoms with van der Waals surface area (Å²) in [6, 6.07) is 0.308. The predicted octanol–water partition coefficient (Wildman–Crippen LogP) is 2.29. The first-order chi connectivity index (χ1) is 9.89. The van der Waals surface area contributed by atoms with Crippen molar-refractivity contribution in [1.82, 2.24) is 10.2 Å². The third-order valence-corrected chi connectivity index (χ3v) is 6.26. The summed E-state index contributed by atoms with van der Waals surface area (Å²) in [4.78, 5) is 1.46. The number of hydrogen-bond acceptors (Lipinski definition) is 3. The molecule has 0 spiro atoms. The number of hydrogen-bond donors (Lipinski definition) is 1. The van der Waals surface area contributed by atoms with Crippen LogP contribution in [-0.2, 0) is 10.8 Å². The van der Waals surface area contributed by atoms with E-state index in [0.717, 1.165) is 32.1 Å². The molecule has 1 aliphatic carbocycles. The number of rotatable bonds is 5. The fourth-order valence-electron chi connectivity index (χ4n) is 3.48. The molecule has 1 saturated carbocycles. The van der Waals surface area contributed by atoms with Gasteiger partial charge in [-0.2, -0.15) is 13.2 Å². The molecule has 7 heteroatoms. The summed E-state index contributed by atoms with van der Waals surface area (Å²) in [5.41, 5.74) is 0. The van der Waals surface area contributed by atoms with Gasteiger partial charge in [-0.05, 0) is 19.3 Å². The van der Waals surface area contributed by atoms with E-state index in [0.29, 0.717) is 18.8 Å². The molecule has 4 atom stereocenters. The van der Waals surface area contributed by atoms with Crippen LogP contribution in [0.2, 0.25) is 0 Å². The highest BCUT2D eigenvalue weighted by molar-refractivity contribution is 7.85. The minimum atomic E-state index is -4.12. The Balaban J connectivity index is 1.85. The molecular weight excluding hydrogens is 301 g/mol. The zero-order valence-electron chi connectivity index (χ0n) is 12.5. The van der Waals surface area contributed by atoms with Crippen molar-refractivity contribution in [2.75, 3.05) is 25.4 Å². The molecule has 2 fully saturated rings. The van der Waals surface area contributed by atoms with E-state index < -0.39 is 23.5 Å². The number of nitrogens with one attached hydrogen (secondary N) is 1. The minimum Gasteiger partial charge on any atom is -0.309 e. The van der Waals surface area contributed by atoms with Crippen LogP contribution < -0.4 is 5.32 Å². The summed E-state index contributed by atoms with van der Waals surface area (Å²) in [6.07, 6.45) is 0.820. The number of halogens is 3. The standard InChI is InChI=1S/C14H25F3N2OS/c1-2-21(20)13-6-4-3-5-12(13)18-11-7-8-19(9-11)10-14(15,16)17/h11-13,18H,2-10H2,1H3. The van der Waals surface area contributed by atoms with E-state index in [1.54, 1.807) is 0 Å². The third kappa shape index (κ3) is 5.21. The Morgan fingerprint density at radius 1 is 1.24 bits per heavy atom. The summed E-state index contributed by atoms with van der Waals surface area (Å²) >= 11 is 0. The number of likely N-dealkylation sites (tertiary alicyclic amines) is 1. The number of nitrogens with zero attached hydrogens (tertiary/aromatic N) is 1. The van der Waals surface area contributed by atoms with Crippen LogP contribution in [0.5, 0.6) is 0 Å². The van der Waals surface area contributed by atoms with Crippen molar-refractivity contribution >= 4 is 10.8 Å². The maximum Gasteiger partial charge on any atom is 0.401 e. The van der Waals surface area contributed by atoms with Gasteiger partial charge < -0.3 is 5.32 Å². The Bertz CT molecular complexity index is 365. The highest BCUT2D eigenvalue weighted by Crippen LogP contribution is 2.25. The number of alkyl halides is 3. The SMILES string of the molecule is CCS(=O)C1CCCCC1NC1CCN(CC(F)(F)F)C1. The van der Waals surface area contributed by atoms with Crippen LogP contribution >= 0.6 is 0 Å². The highest BCUT2D eigenvalue weighted by atomic mass is 32.2. The zero-order chi connectivity index (χ0) is 15.5. The lowest BCUT2D eigenvalue weighted by Gasteiger charge is -2.33. The van der Waals surface area contributed by atoms with Crippen molar-refractivity contribution in [3.63, 3.8) is 0 Å². The van der Waals surface area contributed by atoms with Crippen molar-refractivity contribution in [3.8, 4) is 0 Å². The lowest BCUT2D eigenvalue weighted by Crippen LogP contribution is -2.50. The Morgan fingerprint density at radius 3 is 2.62 bits per heavy atom. The monoisotopic (exact) mass is 326 g/mol. The van der Waals surface area contributed by atoms with Crippen LogP contribution in [-0.4, -0.2) is 58.0 Å². The van der Waals surface area contributed by atoms with Gasteiger partial charge >= 0.3 is 6.18 Å². The van der Waals surface area contributed by atoms with Crippen LogP contribution in [0.3, 0.4) is 0 Å². The van der Waals surface area contributed by atoms with E-state index in [4.69, 9.17) is 0 Å². The first-order valence-corrected chi connectivity index (χ1v) is 9.19. The van der Waals surface area contributed by atoms with Crippen LogP contribution in [0, 0.1) is 0 Å². The second-order valence-corrected chi connectivity index (χ2v) is 8.05. The summed E-state index contributed by atoms with van der Waals surface area (Å²) in [5.74, 6) is 0.660. The van der Waals surface area contributed by atoms with Crippen molar-refractivity contribution in [3.05, 3.63) is 0 Å². The molecule has 1 aliphatic heterocycles. The lowest BCUT2D eigenvalue weighted by atomic mass is 9.94. The van der Waals surface area contributed by atoms with Gasteiger partial charge in [-0.1, -0.05) is 19.8 Å². The van der Waals surface area contributed by atoms with E-state index >= 15 is 0 Å². The molecule has 3 nitrogen and oxygen atoms in total. The van der Waals surface area contributed by atoms with E-state index in [2.05, 4.69) is 5.32 Å². The fourth-order valence-corrected chi connectivity index (χ4v) is 4.92. The summed E-state index contributed by atoms with van der Waals surface area (Å²) in [5, 5.41) is 3.66. The van der Waals surface area contributed by atoms with Gasteiger partial charge in [0.2, 0.25) is 0 Å². The molecule has 4 unspecified atom stereocenters. The molecule has 1 N–H and O–H groups in total. The normalized spacial score (nSPS) is 33.2. The molecule has 2 aliphatic rings. The molecule has 21 heavy (non-hydrogen) atoms. The van der Waals surface area contributed by atoms with Crippen LogP contribution in [0.15, 0.2) is 0 Å². The van der Waals surface area contributed by atoms with Gasteiger partial charge in [-0.25, -0.2) is 0 Å². The van der Waals surface area contributed by atoms with E-state index in [1.165, 1.54) is 4.90 Å². The molecule has 2 rings (SSSR count). The smallest absolute Gasteiger partial charge is 0.309 e. The molecule has 1 saturated heterocycles. The summed E-state index contributed by atoms with van der Waals surface area (Å²) in [6.45, 7) is 2.05. The molecule has 0 radical (unpaired) electrons. The Morgan fingerprint density at radius 2 is 1.95 bits per heavy atom. The Hall–Kier alpha value is -0.140. The van der Waals surface area contributed by atoms with Gasteiger partial charge in [0.05, 0.1) is 11.8 Å². The first-order valence-electron chi connectivity index (χ1n) is 7.81. The van der Waals surface area contributed by atoms with E-state index in [1.807, 2.05) is 6.92 Å². The van der Waals surface area contributed by atoms with E-state index in [-0.39, 0.29) is 17.3 Å². The van der Waals surface area contributed by atoms with Gasteiger partial charge in [0.15, 0.2) is 0 Å². The van der Waals surface area contributed by atoms with Crippen molar-refractivity contribution in [1.29, 1.82) is 0 Å². The van der Waals surface area contributed by atoms with Crippen molar-refractivity contribution in [2.45, 2.75) is 62.5 Å². The molecular formula is C14H25F3N2OS. The second kappa shape index (κ2) is 7.42. The largest absolute Gasteiger partial charge is 0.401 e. The maximum absolute atomic E-state index is 12.4. The lowest BCUT2D eigenvalue weighted by molar-refractivity contribution is -0.143. The summed E-state index contributed by atoms with van der Waals surface area (Å²) < 4.78 is 49.3. The molecule has 124 valence electrons. The second-order valence-electron chi connectivity index (χ2n) is 6.10. The topological polar surface area (TPSA) is 32.3 Å². The first kappa shape index (κ1) is 17.2. The molecule has 0 amide bonds. The van der Waals surface area contributed by atoms with E-state index in [9.17, 15) is 17.4 Å². The molecule has 1 heterocycles. The van der Waals surface area contributed by atoms with Crippen LogP contribution in [0.1, 0.15) is 39.0 Å². The zero-order valence-corrected chi connectivity index (χ0v) is 13.3. The average molecular weight is 326 g/mol. The molecule has 0 aromatic carbocycles. The van der Waals surface area contributed by atoms with Crippen molar-refractivity contribution < 1.29 is 17.4 Å². The average Bonchev–Trinajstić information content (AvgIpc) is 2.83. The molecule has 0 aromatic rings. The Kier molecular flexibility index (Phi) is 6.08. The quantitative estimate of drug-likeness (QED) is 0.841. The predicted molar refractivity (Wildman–Crippen MR) is 78.8 cm³/mol. The van der Waals surface area contributed by atoms with Gasteiger partial charge in [-0.15, -0.1) is 0 Å². The van der Waals surface area contributed by atoms with Gasteiger partial charge in [0.25, 0.3) is 0 Å². The van der Waals surface area contributed by atoms with Gasteiger partial charge in [0, 0.05) is 41.7 Å². The highest BCUT2D eigenvalue weighted by Gasteiger charge is 2.36. The van der Waals surface area contributed by atoms with Crippen molar-refractivity contribution in [2.24, 2.45) is 0 Å². The van der Waals surface area contributed by atoms with Gasteiger partial charge in [-0.3, -0.25) is 9.11 Å². The fraction of sp³-hybridized carbons (Fsp3) is 1.00. The van der Waals surface area contributed by atoms with Crippen LogP contribution in [0.25, 0.3) is 0 Å². The minimum absolute atomic E-state index is 0.104. The third-order valence-electron chi connectivity index (χ3n) is 4.45. The molecule has 0 bridgehead atoms. The summed E-state index contributed by atoms with van der Waals surface area (Å²) in [7, 11) is -0.824. The maximum atomic E-state index is 12.4. The Labute approximate surface area is 127 Å². The van der Waals surface area contributed by atoms with Crippen LogP contribution in [0.4, 0.5) is 13.2 Å².